The van der Waals surface area contributed by atoms with E-state index in [4.69, 9.17) is 0 Å². The lowest BCUT2D eigenvalue weighted by Crippen LogP contribution is -2.44. The molecule has 1 aromatic rings. The Bertz CT molecular complexity index is 1300. The zero-order chi connectivity index (χ0) is 27.7. The fourth-order valence-electron chi connectivity index (χ4n) is 9.16. The van der Waals surface area contributed by atoms with Gasteiger partial charge in [-0.15, -0.1) is 0 Å². The Kier molecular flexibility index (Phi) is 6.68. The van der Waals surface area contributed by atoms with Crippen molar-refractivity contribution in [3.8, 4) is 5.75 Å². The number of imide groups is 2. The van der Waals surface area contributed by atoms with Crippen molar-refractivity contribution in [1.82, 2.24) is 9.80 Å². The van der Waals surface area contributed by atoms with Gasteiger partial charge in [-0.25, -0.2) is 0 Å². The molecule has 0 spiro atoms. The minimum Gasteiger partial charge on any atom is -0.508 e. The van der Waals surface area contributed by atoms with Crippen molar-refractivity contribution in [3.63, 3.8) is 0 Å². The first-order valence-electron chi connectivity index (χ1n) is 15.3. The van der Waals surface area contributed by atoms with Crippen molar-refractivity contribution >= 4 is 39.6 Å². The number of likely N-dealkylation sites (tertiary alicyclic amines) is 2. The summed E-state index contributed by atoms with van der Waals surface area (Å²) in [6.07, 6.45) is 12.7. The van der Waals surface area contributed by atoms with E-state index in [1.54, 1.807) is 21.9 Å². The second-order valence-electron chi connectivity index (χ2n) is 12.9. The van der Waals surface area contributed by atoms with Crippen LogP contribution < -0.4 is 0 Å². The molecule has 8 heteroatoms. The lowest BCUT2D eigenvalue weighted by atomic mass is 9.57. The van der Waals surface area contributed by atoms with Crippen molar-refractivity contribution in [2.24, 2.45) is 29.6 Å². The molecular formula is C32H37BrN2O5. The Balaban J connectivity index is 1.30. The molecule has 5 fully saturated rings. The summed E-state index contributed by atoms with van der Waals surface area (Å²) in [4.78, 5) is 59.1. The van der Waals surface area contributed by atoms with Crippen LogP contribution in [0.5, 0.6) is 5.75 Å². The van der Waals surface area contributed by atoms with E-state index in [1.165, 1.54) is 0 Å². The number of hydrogen-bond acceptors (Lipinski definition) is 5. The third-order valence-corrected chi connectivity index (χ3v) is 11.4. The molecule has 1 aromatic carbocycles. The molecule has 7 rings (SSSR count). The molecular weight excluding hydrogens is 572 g/mol. The minimum absolute atomic E-state index is 0.0273. The average Bonchev–Trinajstić information content (AvgIpc) is 3.38. The molecule has 7 nitrogen and oxygen atoms in total. The Morgan fingerprint density at radius 1 is 0.700 bits per heavy atom. The molecule has 0 aromatic heterocycles. The summed E-state index contributed by atoms with van der Waals surface area (Å²) < 4.78 is 0.782. The maximum atomic E-state index is 14.2. The Labute approximate surface area is 243 Å². The SMILES string of the molecule is O=C1[C@H]2[C@H](CC=C3[C@H]2C[C@H]2C(=O)N(C4CCCCC4)C(=O)[C@H]2[C@H]3c2cc(Br)ccc2O)C(=O)N1C1CCCCC1. The zero-order valence-electron chi connectivity index (χ0n) is 22.8. The van der Waals surface area contributed by atoms with Gasteiger partial charge in [0.1, 0.15) is 5.75 Å². The molecule has 6 atom stereocenters. The number of carbonyl (C=O) groups excluding carboxylic acids is 4. The number of allylic oxidation sites excluding steroid dienone is 2. The van der Waals surface area contributed by atoms with Crippen molar-refractivity contribution < 1.29 is 24.3 Å². The summed E-state index contributed by atoms with van der Waals surface area (Å²) in [5.41, 5.74) is 1.57. The minimum atomic E-state index is -0.602. The van der Waals surface area contributed by atoms with Crippen LogP contribution >= 0.6 is 15.9 Å². The van der Waals surface area contributed by atoms with Gasteiger partial charge in [-0.1, -0.05) is 66.1 Å². The maximum absolute atomic E-state index is 14.2. The van der Waals surface area contributed by atoms with Crippen molar-refractivity contribution in [1.29, 1.82) is 0 Å². The molecule has 0 bridgehead atoms. The summed E-state index contributed by atoms with van der Waals surface area (Å²) in [6, 6.07) is 5.14. The fraction of sp³-hybridized carbons (Fsp3) is 0.625. The van der Waals surface area contributed by atoms with Gasteiger partial charge in [-0.3, -0.25) is 29.0 Å². The predicted molar refractivity (Wildman–Crippen MR) is 151 cm³/mol. The van der Waals surface area contributed by atoms with Crippen LogP contribution in [0, 0.1) is 29.6 Å². The van der Waals surface area contributed by atoms with Crippen molar-refractivity contribution in [2.45, 2.75) is 95.1 Å². The van der Waals surface area contributed by atoms with E-state index in [0.717, 1.165) is 74.3 Å². The lowest BCUT2D eigenvalue weighted by molar-refractivity contribution is -0.145. The summed E-state index contributed by atoms with van der Waals surface area (Å²) in [7, 11) is 0. The van der Waals surface area contributed by atoms with Crippen LogP contribution in [0.15, 0.2) is 34.3 Å². The van der Waals surface area contributed by atoms with Crippen LogP contribution in [0.25, 0.3) is 0 Å². The third kappa shape index (κ3) is 3.95. The topological polar surface area (TPSA) is 95.0 Å². The average molecular weight is 610 g/mol. The second-order valence-corrected chi connectivity index (χ2v) is 13.8. The summed E-state index contributed by atoms with van der Waals surface area (Å²) in [6.45, 7) is 0. The van der Waals surface area contributed by atoms with Crippen LogP contribution in [-0.4, -0.2) is 50.6 Å². The van der Waals surface area contributed by atoms with Gasteiger partial charge in [-0.2, -0.15) is 0 Å². The Morgan fingerprint density at radius 2 is 1.27 bits per heavy atom. The van der Waals surface area contributed by atoms with Crippen molar-refractivity contribution in [2.75, 3.05) is 0 Å². The first-order valence-corrected chi connectivity index (χ1v) is 16.1. The molecule has 40 heavy (non-hydrogen) atoms. The highest BCUT2D eigenvalue weighted by Crippen LogP contribution is 2.59. The zero-order valence-corrected chi connectivity index (χ0v) is 24.4. The largest absolute Gasteiger partial charge is 0.508 e. The lowest BCUT2D eigenvalue weighted by Gasteiger charge is -2.44. The normalized spacial score (nSPS) is 35.1. The Morgan fingerprint density at radius 3 is 1.90 bits per heavy atom. The monoisotopic (exact) mass is 608 g/mol. The number of halogens is 1. The highest BCUT2D eigenvalue weighted by Gasteiger charge is 2.63. The number of benzene rings is 1. The molecule has 2 saturated heterocycles. The van der Waals surface area contributed by atoms with Gasteiger partial charge in [0.2, 0.25) is 23.6 Å². The van der Waals surface area contributed by atoms with E-state index >= 15 is 0 Å². The van der Waals surface area contributed by atoms with Crippen LogP contribution in [-0.2, 0) is 19.2 Å². The van der Waals surface area contributed by atoms with Gasteiger partial charge >= 0.3 is 0 Å². The number of hydrogen-bond donors (Lipinski definition) is 1. The molecule has 212 valence electrons. The number of amides is 4. The number of nitrogens with zero attached hydrogens (tertiary/aromatic N) is 2. The first-order chi connectivity index (χ1) is 19.4. The van der Waals surface area contributed by atoms with E-state index in [1.807, 2.05) is 6.07 Å². The molecule has 0 radical (unpaired) electrons. The third-order valence-electron chi connectivity index (χ3n) is 10.9. The quantitative estimate of drug-likeness (QED) is 0.363. The van der Waals surface area contributed by atoms with Crippen LogP contribution in [0.1, 0.15) is 88.5 Å². The smallest absolute Gasteiger partial charge is 0.234 e. The van der Waals surface area contributed by atoms with Gasteiger partial charge in [0.05, 0.1) is 23.7 Å². The summed E-state index contributed by atoms with van der Waals surface area (Å²) in [5.74, 6) is -3.17. The van der Waals surface area contributed by atoms with E-state index in [9.17, 15) is 24.3 Å². The number of aromatic hydroxyl groups is 1. The van der Waals surface area contributed by atoms with E-state index < -0.39 is 29.6 Å². The van der Waals surface area contributed by atoms with Crippen LogP contribution in [0.3, 0.4) is 0 Å². The molecule has 0 unspecified atom stereocenters. The fourth-order valence-corrected chi connectivity index (χ4v) is 9.54. The number of phenols is 1. The molecule has 4 aliphatic carbocycles. The molecule has 3 saturated carbocycles. The molecule has 1 N–H and O–H groups in total. The second kappa shape index (κ2) is 10.1. The van der Waals surface area contributed by atoms with Gasteiger partial charge in [-0.05, 0) is 62.6 Å². The standard InChI is InChI=1S/C32H37BrN2O5/c33-17-11-14-25(36)23(15-17)26-20-12-13-21-27(31(39)34(29(21)37)18-7-3-1-4-8-18)22(20)16-24-28(26)32(40)35(30(24)38)19-9-5-2-6-10-19/h11-12,14-15,18-19,21-22,24,26-28,36H,1-10,13,16H2/t21-,22+,24+,26+,27-,28+/m0/s1. The number of carbonyl (C=O) groups is 4. The first kappa shape index (κ1) is 26.4. The van der Waals surface area contributed by atoms with E-state index in [-0.39, 0.29) is 47.4 Å². The maximum Gasteiger partial charge on any atom is 0.234 e. The van der Waals surface area contributed by atoms with E-state index in [2.05, 4.69) is 22.0 Å². The van der Waals surface area contributed by atoms with Crippen LogP contribution in [0.2, 0.25) is 0 Å². The van der Waals surface area contributed by atoms with Gasteiger partial charge in [0.15, 0.2) is 0 Å². The molecule has 4 amide bonds. The number of phenolic OH excluding ortho intramolecular Hbond substituents is 1. The number of fused-ring (bicyclic) bond motifs is 4. The predicted octanol–water partition coefficient (Wildman–Crippen LogP) is 5.46. The molecule has 6 aliphatic rings. The number of rotatable bonds is 3. The Hall–Kier alpha value is -2.48. The van der Waals surface area contributed by atoms with Gasteiger partial charge < -0.3 is 5.11 Å². The van der Waals surface area contributed by atoms with Gasteiger partial charge in [0, 0.05) is 28.0 Å². The van der Waals surface area contributed by atoms with Gasteiger partial charge in [0.25, 0.3) is 0 Å². The highest BCUT2D eigenvalue weighted by molar-refractivity contribution is 9.10. The van der Waals surface area contributed by atoms with E-state index in [0.29, 0.717) is 18.4 Å². The summed E-state index contributed by atoms with van der Waals surface area (Å²) in [5, 5.41) is 11.1. The summed E-state index contributed by atoms with van der Waals surface area (Å²) >= 11 is 3.54. The molecule has 2 heterocycles. The van der Waals surface area contributed by atoms with Crippen molar-refractivity contribution in [3.05, 3.63) is 39.9 Å². The molecule has 2 aliphatic heterocycles. The highest BCUT2D eigenvalue weighted by atomic mass is 79.9. The van der Waals surface area contributed by atoms with Crippen LogP contribution in [0.4, 0.5) is 0 Å².